The average molecular weight is 304 g/mol. The smallest absolute Gasteiger partial charge is 0.0644 e. The number of hydrogen-bond acceptors (Lipinski definition) is 2. The van der Waals surface area contributed by atoms with Crippen LogP contribution in [-0.4, -0.2) is 22.9 Å². The lowest BCUT2D eigenvalue weighted by Gasteiger charge is -2.64. The van der Waals surface area contributed by atoms with E-state index in [-0.39, 0.29) is 18.1 Å². The van der Waals surface area contributed by atoms with Gasteiger partial charge in [-0.15, -0.1) is 0 Å². The fourth-order valence-corrected chi connectivity index (χ4v) is 7.44. The van der Waals surface area contributed by atoms with E-state index in [2.05, 4.69) is 26.8 Å². The lowest BCUT2D eigenvalue weighted by molar-refractivity contribution is -0.172. The summed E-state index contributed by atoms with van der Waals surface area (Å²) in [4.78, 5) is 0. The van der Waals surface area contributed by atoms with Crippen LogP contribution in [0.4, 0.5) is 0 Å². The minimum absolute atomic E-state index is 0.0492. The van der Waals surface area contributed by atoms with Crippen LogP contribution in [0.5, 0.6) is 0 Å². The maximum atomic E-state index is 10.6. The van der Waals surface area contributed by atoms with E-state index in [0.29, 0.717) is 22.7 Å². The first kappa shape index (κ1) is 15.2. The van der Waals surface area contributed by atoms with E-state index >= 15 is 0 Å². The normalized spacial score (nSPS) is 52.7. The monoisotopic (exact) mass is 304 g/mol. The van der Waals surface area contributed by atoms with Crippen molar-refractivity contribution < 1.29 is 10.2 Å². The van der Waals surface area contributed by atoms with Crippen LogP contribution < -0.4 is 0 Å². The number of allylic oxidation sites excluding steroid dienone is 1. The third kappa shape index (κ3) is 1.74. The summed E-state index contributed by atoms with van der Waals surface area (Å²) in [6.07, 6.45) is 10.9. The molecule has 0 saturated heterocycles. The van der Waals surface area contributed by atoms with Gasteiger partial charge in [-0.05, 0) is 84.5 Å². The molecule has 0 aromatic carbocycles. The van der Waals surface area contributed by atoms with Gasteiger partial charge in [-0.3, -0.25) is 0 Å². The first-order chi connectivity index (χ1) is 10.3. The van der Waals surface area contributed by atoms with Gasteiger partial charge in [0.05, 0.1) is 12.7 Å². The van der Waals surface area contributed by atoms with Crippen LogP contribution in [0.1, 0.15) is 65.7 Å². The predicted octanol–water partition coefficient (Wildman–Crippen LogP) is 3.92. The van der Waals surface area contributed by atoms with Gasteiger partial charge in [-0.2, -0.15) is 0 Å². The highest BCUT2D eigenvalue weighted by atomic mass is 16.3. The van der Waals surface area contributed by atoms with E-state index < -0.39 is 0 Å². The summed E-state index contributed by atoms with van der Waals surface area (Å²) in [5, 5.41) is 20.3. The molecule has 3 saturated carbocycles. The zero-order chi connectivity index (χ0) is 15.8. The van der Waals surface area contributed by atoms with Gasteiger partial charge in [-0.25, -0.2) is 0 Å². The molecule has 22 heavy (non-hydrogen) atoms. The Bertz CT molecular complexity index is 508. The molecule has 4 aliphatic rings. The van der Waals surface area contributed by atoms with E-state index in [1.165, 1.54) is 44.1 Å². The van der Waals surface area contributed by atoms with Crippen LogP contribution in [0.15, 0.2) is 11.6 Å². The quantitative estimate of drug-likeness (QED) is 0.721. The lowest BCUT2D eigenvalue weighted by atomic mass is 9.41. The molecule has 0 unspecified atom stereocenters. The van der Waals surface area contributed by atoms with Crippen molar-refractivity contribution in [1.29, 1.82) is 0 Å². The summed E-state index contributed by atoms with van der Waals surface area (Å²) in [5.74, 6) is 2.05. The molecule has 2 bridgehead atoms. The fraction of sp³-hybridized carbons (Fsp3) is 0.900. The van der Waals surface area contributed by atoms with Gasteiger partial charge in [0.1, 0.15) is 0 Å². The standard InChI is InChI=1S/C20H32O2/c1-18(2)15-6-9-20-10-13(14(11-20)12-21)4-5-16(20)19(15,3)8-7-17(18)22/h11,13,15-17,21-22H,4-10,12H2,1-3H3/t13-,15-,16+,17+,19-,20+/m1/s1. The molecule has 6 atom stereocenters. The first-order valence-electron chi connectivity index (χ1n) is 9.34. The number of aliphatic hydroxyl groups excluding tert-OH is 2. The molecule has 1 spiro atoms. The maximum Gasteiger partial charge on any atom is 0.0644 e. The van der Waals surface area contributed by atoms with Gasteiger partial charge in [0.15, 0.2) is 0 Å². The van der Waals surface area contributed by atoms with Gasteiger partial charge in [0, 0.05) is 0 Å². The second-order valence-electron chi connectivity index (χ2n) is 9.61. The van der Waals surface area contributed by atoms with Crippen LogP contribution in [0.3, 0.4) is 0 Å². The average Bonchev–Trinajstić information content (AvgIpc) is 2.74. The second-order valence-corrected chi connectivity index (χ2v) is 9.61. The SMILES string of the molecule is CC1(C)[C@H]2CC[C@]34C=C(CO)[C@H](CC[C@H]3[C@]2(C)CC[C@@H]1O)C4. The summed E-state index contributed by atoms with van der Waals surface area (Å²) in [5.41, 5.74) is 2.12. The second kappa shape index (κ2) is 4.60. The molecule has 0 aromatic heterocycles. The Hall–Kier alpha value is -0.340. The van der Waals surface area contributed by atoms with E-state index in [9.17, 15) is 10.2 Å². The first-order valence-corrected chi connectivity index (χ1v) is 9.34. The summed E-state index contributed by atoms with van der Waals surface area (Å²) >= 11 is 0. The largest absolute Gasteiger partial charge is 0.393 e. The summed E-state index contributed by atoms with van der Waals surface area (Å²) < 4.78 is 0. The molecular weight excluding hydrogens is 272 g/mol. The third-order valence-electron chi connectivity index (χ3n) is 8.51. The van der Waals surface area contributed by atoms with Crippen molar-refractivity contribution in [2.45, 2.75) is 71.8 Å². The lowest BCUT2D eigenvalue weighted by Crippen LogP contribution is -2.59. The summed E-state index contributed by atoms with van der Waals surface area (Å²) in [6, 6.07) is 0. The molecule has 0 radical (unpaired) electrons. The van der Waals surface area contributed by atoms with Gasteiger partial charge in [-0.1, -0.05) is 26.8 Å². The Balaban J connectivity index is 1.74. The molecule has 4 aliphatic carbocycles. The molecule has 4 rings (SSSR count). The highest BCUT2D eigenvalue weighted by Crippen LogP contribution is 2.70. The minimum atomic E-state index is -0.136. The number of rotatable bonds is 1. The molecule has 3 fully saturated rings. The van der Waals surface area contributed by atoms with Gasteiger partial charge >= 0.3 is 0 Å². The van der Waals surface area contributed by atoms with Crippen molar-refractivity contribution in [1.82, 2.24) is 0 Å². The van der Waals surface area contributed by atoms with E-state index in [1.807, 2.05) is 0 Å². The van der Waals surface area contributed by atoms with Crippen molar-refractivity contribution >= 4 is 0 Å². The Labute approximate surface area is 135 Å². The van der Waals surface area contributed by atoms with Crippen LogP contribution in [0.25, 0.3) is 0 Å². The molecule has 0 aliphatic heterocycles. The van der Waals surface area contributed by atoms with E-state index in [0.717, 1.165) is 12.3 Å². The zero-order valence-electron chi connectivity index (χ0n) is 14.4. The van der Waals surface area contributed by atoms with Crippen LogP contribution in [0.2, 0.25) is 0 Å². The molecule has 2 heteroatoms. The van der Waals surface area contributed by atoms with Crippen molar-refractivity contribution in [3.8, 4) is 0 Å². The number of hydrogen-bond donors (Lipinski definition) is 2. The highest BCUT2D eigenvalue weighted by Gasteiger charge is 2.63. The Kier molecular flexibility index (Phi) is 3.18. The summed E-state index contributed by atoms with van der Waals surface area (Å²) in [6.45, 7) is 7.39. The molecular formula is C20H32O2. The van der Waals surface area contributed by atoms with Crippen molar-refractivity contribution in [2.24, 2.45) is 34.0 Å². The minimum Gasteiger partial charge on any atom is -0.393 e. The molecule has 0 aromatic rings. The van der Waals surface area contributed by atoms with Crippen LogP contribution in [0, 0.1) is 34.0 Å². The van der Waals surface area contributed by atoms with Crippen LogP contribution in [-0.2, 0) is 0 Å². The molecule has 0 amide bonds. The van der Waals surface area contributed by atoms with E-state index in [4.69, 9.17) is 0 Å². The highest BCUT2D eigenvalue weighted by molar-refractivity contribution is 5.28. The van der Waals surface area contributed by atoms with Crippen molar-refractivity contribution in [3.63, 3.8) is 0 Å². The molecule has 2 N–H and O–H groups in total. The van der Waals surface area contributed by atoms with Gasteiger partial charge in [0.2, 0.25) is 0 Å². The molecule has 0 heterocycles. The Morgan fingerprint density at radius 1 is 1.05 bits per heavy atom. The molecule has 2 nitrogen and oxygen atoms in total. The molecule has 124 valence electrons. The van der Waals surface area contributed by atoms with Gasteiger partial charge in [0.25, 0.3) is 0 Å². The van der Waals surface area contributed by atoms with Gasteiger partial charge < -0.3 is 10.2 Å². The van der Waals surface area contributed by atoms with Crippen LogP contribution >= 0.6 is 0 Å². The topological polar surface area (TPSA) is 40.5 Å². The Morgan fingerprint density at radius 2 is 1.82 bits per heavy atom. The van der Waals surface area contributed by atoms with E-state index in [1.54, 1.807) is 0 Å². The van der Waals surface area contributed by atoms with Crippen molar-refractivity contribution in [3.05, 3.63) is 11.6 Å². The number of aliphatic hydroxyl groups is 2. The summed E-state index contributed by atoms with van der Waals surface area (Å²) in [7, 11) is 0. The Morgan fingerprint density at radius 3 is 2.55 bits per heavy atom. The third-order valence-corrected chi connectivity index (χ3v) is 8.51. The zero-order valence-corrected chi connectivity index (χ0v) is 14.4. The van der Waals surface area contributed by atoms with Crippen molar-refractivity contribution in [2.75, 3.05) is 6.61 Å². The number of fused-ring (bicyclic) bond motifs is 3. The maximum absolute atomic E-state index is 10.6. The fourth-order valence-electron chi connectivity index (χ4n) is 7.44. The predicted molar refractivity (Wildman–Crippen MR) is 88.3 cm³/mol.